The topological polar surface area (TPSA) is 78.2 Å². The van der Waals surface area contributed by atoms with Crippen LogP contribution in [0.25, 0.3) is 0 Å². The summed E-state index contributed by atoms with van der Waals surface area (Å²) in [6.45, 7) is 2.24. The molecule has 0 aliphatic heterocycles. The number of hydrogen-bond donors (Lipinski definition) is 0. The molecule has 0 bridgehead atoms. The minimum Gasteiger partial charge on any atom is -0.473 e. The second-order valence-electron chi connectivity index (χ2n) is 2.42. The van der Waals surface area contributed by atoms with E-state index < -0.39 is 4.92 Å². The highest BCUT2D eigenvalue weighted by Gasteiger charge is 2.22. The summed E-state index contributed by atoms with van der Waals surface area (Å²) in [7, 11) is 0. The number of aromatic nitrogens is 2. The fourth-order valence-corrected chi connectivity index (χ4v) is 0.994. The highest BCUT2D eigenvalue weighted by molar-refractivity contribution is 6.31. The van der Waals surface area contributed by atoms with Crippen LogP contribution in [-0.2, 0) is 0 Å². The Morgan fingerprint density at radius 2 is 2.36 bits per heavy atom. The van der Waals surface area contributed by atoms with Crippen molar-refractivity contribution < 1.29 is 9.66 Å². The Morgan fingerprint density at radius 1 is 1.64 bits per heavy atom. The van der Waals surface area contributed by atoms with Gasteiger partial charge in [0.25, 0.3) is 5.88 Å². The molecule has 7 heteroatoms. The molecule has 1 aromatic heterocycles. The van der Waals surface area contributed by atoms with Crippen molar-refractivity contribution in [3.63, 3.8) is 0 Å². The van der Waals surface area contributed by atoms with E-state index in [0.29, 0.717) is 6.61 Å². The Morgan fingerprint density at radius 3 is 2.93 bits per heavy atom. The fraction of sp³-hybridized carbons (Fsp3) is 0.429. The normalized spacial score (nSPS) is 9.86. The van der Waals surface area contributed by atoms with Gasteiger partial charge in [-0.2, -0.15) is 4.98 Å². The van der Waals surface area contributed by atoms with E-state index in [1.807, 2.05) is 6.92 Å². The van der Waals surface area contributed by atoms with Gasteiger partial charge in [-0.3, -0.25) is 10.1 Å². The molecule has 1 aromatic rings. The van der Waals surface area contributed by atoms with Crippen molar-refractivity contribution in [1.29, 1.82) is 0 Å². The molecule has 0 aliphatic carbocycles. The standard InChI is InChI=1S/C7H8ClN3O3/c1-2-3-14-7-5(11(12)13)6(8)9-4-10-7/h4H,2-3H2,1H3. The lowest BCUT2D eigenvalue weighted by atomic mass is 10.5. The molecule has 1 rings (SSSR count). The molecule has 0 N–H and O–H groups in total. The monoisotopic (exact) mass is 217 g/mol. The molecule has 14 heavy (non-hydrogen) atoms. The van der Waals surface area contributed by atoms with Crippen LogP contribution in [0, 0.1) is 10.1 Å². The van der Waals surface area contributed by atoms with Crippen molar-refractivity contribution >= 4 is 17.3 Å². The van der Waals surface area contributed by atoms with Gasteiger partial charge in [0.2, 0.25) is 5.15 Å². The van der Waals surface area contributed by atoms with Gasteiger partial charge in [0.05, 0.1) is 11.5 Å². The van der Waals surface area contributed by atoms with E-state index in [0.717, 1.165) is 12.7 Å². The maximum absolute atomic E-state index is 10.6. The summed E-state index contributed by atoms with van der Waals surface area (Å²) in [5.41, 5.74) is -0.386. The van der Waals surface area contributed by atoms with Crippen LogP contribution in [0.5, 0.6) is 5.88 Å². The Bertz CT molecular complexity index is 345. The number of nitro groups is 1. The van der Waals surface area contributed by atoms with Crippen LogP contribution in [-0.4, -0.2) is 21.5 Å². The van der Waals surface area contributed by atoms with Gasteiger partial charge in [0, 0.05) is 0 Å². The van der Waals surface area contributed by atoms with Crippen molar-refractivity contribution in [2.24, 2.45) is 0 Å². The molecule has 0 radical (unpaired) electrons. The van der Waals surface area contributed by atoms with Gasteiger partial charge in [-0.05, 0) is 6.42 Å². The maximum atomic E-state index is 10.6. The molecule has 0 amide bonds. The van der Waals surface area contributed by atoms with E-state index in [4.69, 9.17) is 16.3 Å². The first-order chi connectivity index (χ1) is 6.66. The summed E-state index contributed by atoms with van der Waals surface area (Å²) < 4.78 is 5.05. The first kappa shape index (κ1) is 10.6. The van der Waals surface area contributed by atoms with Crippen molar-refractivity contribution in [1.82, 2.24) is 9.97 Å². The zero-order valence-electron chi connectivity index (χ0n) is 7.44. The van der Waals surface area contributed by atoms with Gasteiger partial charge in [-0.1, -0.05) is 18.5 Å². The Hall–Kier alpha value is -1.43. The average Bonchev–Trinajstić information content (AvgIpc) is 2.14. The van der Waals surface area contributed by atoms with E-state index in [1.54, 1.807) is 0 Å². The summed E-state index contributed by atoms with van der Waals surface area (Å²) in [4.78, 5) is 17.0. The summed E-state index contributed by atoms with van der Waals surface area (Å²) in [6.07, 6.45) is 1.86. The van der Waals surface area contributed by atoms with Crippen molar-refractivity contribution in [2.75, 3.05) is 6.61 Å². The molecule has 0 fully saturated rings. The number of ether oxygens (including phenoxy) is 1. The number of hydrogen-bond acceptors (Lipinski definition) is 5. The second-order valence-corrected chi connectivity index (χ2v) is 2.78. The lowest BCUT2D eigenvalue weighted by Gasteiger charge is -2.03. The van der Waals surface area contributed by atoms with E-state index in [9.17, 15) is 10.1 Å². The van der Waals surface area contributed by atoms with Crippen LogP contribution in [0.3, 0.4) is 0 Å². The van der Waals surface area contributed by atoms with Gasteiger partial charge in [0.1, 0.15) is 6.33 Å². The third-order valence-corrected chi connectivity index (χ3v) is 1.65. The molecule has 0 spiro atoms. The largest absolute Gasteiger partial charge is 0.473 e. The molecule has 0 saturated heterocycles. The van der Waals surface area contributed by atoms with Crippen LogP contribution < -0.4 is 4.74 Å². The third-order valence-electron chi connectivity index (χ3n) is 1.37. The van der Waals surface area contributed by atoms with Crippen LogP contribution in [0.2, 0.25) is 5.15 Å². The summed E-state index contributed by atoms with van der Waals surface area (Å²) in [5, 5.41) is 10.4. The van der Waals surface area contributed by atoms with Gasteiger partial charge in [0.15, 0.2) is 0 Å². The quantitative estimate of drug-likeness (QED) is 0.437. The van der Waals surface area contributed by atoms with Crippen molar-refractivity contribution in [3.8, 4) is 5.88 Å². The summed E-state index contributed by atoms with van der Waals surface area (Å²) >= 11 is 5.53. The van der Waals surface area contributed by atoms with E-state index in [2.05, 4.69) is 9.97 Å². The molecule has 0 aromatic carbocycles. The minimum atomic E-state index is -0.659. The smallest absolute Gasteiger partial charge is 0.367 e. The van der Waals surface area contributed by atoms with Crippen LogP contribution in [0.1, 0.15) is 13.3 Å². The molecule has 0 unspecified atom stereocenters. The molecule has 76 valence electrons. The van der Waals surface area contributed by atoms with E-state index >= 15 is 0 Å². The first-order valence-electron chi connectivity index (χ1n) is 3.94. The lowest BCUT2D eigenvalue weighted by Crippen LogP contribution is -2.02. The van der Waals surface area contributed by atoms with Gasteiger partial charge >= 0.3 is 5.69 Å². The highest BCUT2D eigenvalue weighted by Crippen LogP contribution is 2.29. The fourth-order valence-electron chi connectivity index (χ4n) is 0.800. The van der Waals surface area contributed by atoms with Crippen molar-refractivity contribution in [3.05, 3.63) is 21.6 Å². The molecule has 0 saturated carbocycles. The maximum Gasteiger partial charge on any atom is 0.367 e. The third kappa shape index (κ3) is 2.29. The van der Waals surface area contributed by atoms with Gasteiger partial charge in [-0.25, -0.2) is 4.98 Å². The molecule has 0 aliphatic rings. The zero-order valence-corrected chi connectivity index (χ0v) is 8.19. The lowest BCUT2D eigenvalue weighted by molar-refractivity contribution is -0.386. The Balaban J connectivity index is 3.02. The predicted molar refractivity (Wildman–Crippen MR) is 49.5 cm³/mol. The Labute approximate surface area is 85.0 Å². The van der Waals surface area contributed by atoms with Crippen LogP contribution in [0.4, 0.5) is 5.69 Å². The zero-order chi connectivity index (χ0) is 10.6. The van der Waals surface area contributed by atoms with Crippen LogP contribution >= 0.6 is 11.6 Å². The van der Waals surface area contributed by atoms with Crippen LogP contribution in [0.15, 0.2) is 6.33 Å². The molecule has 6 nitrogen and oxygen atoms in total. The Kier molecular flexibility index (Phi) is 3.58. The van der Waals surface area contributed by atoms with E-state index in [-0.39, 0.29) is 16.7 Å². The average molecular weight is 218 g/mol. The molecule has 1 heterocycles. The predicted octanol–water partition coefficient (Wildman–Crippen LogP) is 1.83. The van der Waals surface area contributed by atoms with Crippen molar-refractivity contribution in [2.45, 2.75) is 13.3 Å². The molecular weight excluding hydrogens is 210 g/mol. The van der Waals surface area contributed by atoms with Gasteiger partial charge in [-0.15, -0.1) is 0 Å². The SMILES string of the molecule is CCCOc1ncnc(Cl)c1[N+](=O)[O-]. The second kappa shape index (κ2) is 4.71. The number of nitrogens with zero attached hydrogens (tertiary/aromatic N) is 3. The number of halogens is 1. The number of rotatable bonds is 4. The highest BCUT2D eigenvalue weighted by atomic mass is 35.5. The van der Waals surface area contributed by atoms with E-state index in [1.165, 1.54) is 0 Å². The summed E-state index contributed by atoms with van der Waals surface area (Å²) in [5.74, 6) is -0.0862. The first-order valence-corrected chi connectivity index (χ1v) is 4.32. The molecular formula is C7H8ClN3O3. The minimum absolute atomic E-state index is 0.0862. The molecule has 0 atom stereocenters. The van der Waals surface area contributed by atoms with Gasteiger partial charge < -0.3 is 4.74 Å². The summed E-state index contributed by atoms with van der Waals surface area (Å²) in [6, 6.07) is 0.